The summed E-state index contributed by atoms with van der Waals surface area (Å²) in [6.45, 7) is 0.966. The van der Waals surface area contributed by atoms with Crippen LogP contribution in [0.25, 0.3) is 0 Å². The van der Waals surface area contributed by atoms with Gasteiger partial charge in [-0.2, -0.15) is 4.31 Å². The lowest BCUT2D eigenvalue weighted by atomic mass is 10.3. The van der Waals surface area contributed by atoms with Crippen LogP contribution in [0.15, 0.2) is 46.3 Å². The minimum Gasteiger partial charge on any atom is -0.465 e. The molecule has 13 heteroatoms. The molecule has 1 aliphatic rings. The van der Waals surface area contributed by atoms with Crippen LogP contribution in [0.5, 0.6) is 0 Å². The lowest BCUT2D eigenvalue weighted by molar-refractivity contribution is 0.0591. The summed E-state index contributed by atoms with van der Waals surface area (Å²) in [5.41, 5.74) is -0.316. The number of piperazine rings is 1. The largest absolute Gasteiger partial charge is 0.465 e. The van der Waals surface area contributed by atoms with Gasteiger partial charge in [0, 0.05) is 26.2 Å². The monoisotopic (exact) mass is 471 g/mol. The number of carbonyl (C=O) groups excluding carboxylic acids is 1. The Hall–Kier alpha value is -2.90. The minimum atomic E-state index is -4.48. The molecule has 1 aliphatic heterocycles. The number of aryl methyl sites for hydroxylation is 1. The smallest absolute Gasteiger partial charge is 0.407 e. The molecule has 31 heavy (non-hydrogen) atoms. The Kier molecular flexibility index (Phi) is 6.11. The van der Waals surface area contributed by atoms with Gasteiger partial charge in [0.25, 0.3) is 20.0 Å². The number of esters is 1. The van der Waals surface area contributed by atoms with Gasteiger partial charge in [0.2, 0.25) is 0 Å². The maximum Gasteiger partial charge on any atom is 0.407 e. The van der Waals surface area contributed by atoms with Crippen molar-refractivity contribution in [2.75, 3.05) is 33.3 Å². The molecule has 0 saturated carbocycles. The van der Waals surface area contributed by atoms with Crippen molar-refractivity contribution < 1.29 is 36.3 Å². The Balaban J connectivity index is 2.18. The SMILES string of the molecule is COC(=O)c1c(C)cc(S(=O)(=O)N2CCN(C(=O)O)CC2)n1S(=O)(=O)c1ccccc1. The molecule has 3 rings (SSSR count). The summed E-state index contributed by atoms with van der Waals surface area (Å²) >= 11 is 0. The van der Waals surface area contributed by atoms with Crippen LogP contribution in [0.4, 0.5) is 4.79 Å². The van der Waals surface area contributed by atoms with E-state index < -0.39 is 42.8 Å². The highest BCUT2D eigenvalue weighted by Crippen LogP contribution is 2.29. The third-order valence-corrected chi connectivity index (χ3v) is 8.61. The van der Waals surface area contributed by atoms with Crippen LogP contribution in [0.2, 0.25) is 0 Å². The van der Waals surface area contributed by atoms with E-state index in [2.05, 4.69) is 0 Å². The van der Waals surface area contributed by atoms with E-state index >= 15 is 0 Å². The average Bonchev–Trinajstić information content (AvgIpc) is 3.12. The van der Waals surface area contributed by atoms with E-state index in [0.717, 1.165) is 22.4 Å². The summed E-state index contributed by atoms with van der Waals surface area (Å²) in [5, 5.41) is 8.46. The fraction of sp³-hybridized carbons (Fsp3) is 0.333. The molecule has 1 aromatic carbocycles. The normalized spacial score (nSPS) is 15.6. The van der Waals surface area contributed by atoms with E-state index in [9.17, 15) is 26.4 Å². The van der Waals surface area contributed by atoms with Crippen molar-refractivity contribution in [1.29, 1.82) is 0 Å². The van der Waals surface area contributed by atoms with Crippen LogP contribution >= 0.6 is 0 Å². The number of amides is 1. The molecule has 168 valence electrons. The minimum absolute atomic E-state index is 0.0659. The summed E-state index contributed by atoms with van der Waals surface area (Å²) in [5.74, 6) is -1.01. The van der Waals surface area contributed by atoms with Crippen molar-refractivity contribution in [2.45, 2.75) is 16.8 Å². The molecule has 0 bridgehead atoms. The first-order chi connectivity index (χ1) is 14.5. The van der Waals surface area contributed by atoms with Gasteiger partial charge >= 0.3 is 12.1 Å². The van der Waals surface area contributed by atoms with Gasteiger partial charge in [-0.3, -0.25) is 0 Å². The highest BCUT2D eigenvalue weighted by molar-refractivity contribution is 7.92. The van der Waals surface area contributed by atoms with Crippen molar-refractivity contribution in [3.63, 3.8) is 0 Å². The molecule has 0 spiro atoms. The maximum atomic E-state index is 13.4. The summed E-state index contributed by atoms with van der Waals surface area (Å²) in [4.78, 5) is 24.3. The molecule has 1 amide bonds. The van der Waals surface area contributed by atoms with Crippen LogP contribution in [-0.4, -0.2) is 80.5 Å². The molecule has 2 aromatic rings. The number of rotatable bonds is 5. The Morgan fingerprint density at radius 1 is 0.968 bits per heavy atom. The number of benzene rings is 1. The van der Waals surface area contributed by atoms with Crippen molar-refractivity contribution in [3.05, 3.63) is 47.7 Å². The number of carbonyl (C=O) groups is 2. The Bertz CT molecular complexity index is 1210. The summed E-state index contributed by atoms with van der Waals surface area (Å²) < 4.78 is 59.6. The lowest BCUT2D eigenvalue weighted by Gasteiger charge is -2.32. The highest BCUT2D eigenvalue weighted by Gasteiger charge is 2.38. The number of methoxy groups -OCH3 is 1. The average molecular weight is 472 g/mol. The van der Waals surface area contributed by atoms with Gasteiger partial charge in [0.15, 0.2) is 5.03 Å². The summed E-state index contributed by atoms with van der Waals surface area (Å²) in [6, 6.07) is 8.22. The standard InChI is InChI=1S/C18H21N3O8S2/c1-13-12-15(31(27,28)20-10-8-19(9-11-20)18(23)24)21(16(13)17(22)29-2)30(25,26)14-6-4-3-5-7-14/h3-7,12H,8-11H2,1-2H3,(H,23,24). The van der Waals surface area contributed by atoms with Gasteiger partial charge in [-0.15, -0.1) is 0 Å². The Morgan fingerprint density at radius 3 is 2.06 bits per heavy atom. The second kappa shape index (κ2) is 8.32. The number of nitrogens with zero attached hydrogens (tertiary/aromatic N) is 3. The maximum absolute atomic E-state index is 13.4. The topological polar surface area (TPSA) is 143 Å². The predicted molar refractivity (Wildman–Crippen MR) is 108 cm³/mol. The van der Waals surface area contributed by atoms with E-state index in [1.807, 2.05) is 0 Å². The van der Waals surface area contributed by atoms with Crippen LogP contribution in [0, 0.1) is 6.92 Å². The van der Waals surface area contributed by atoms with E-state index in [1.54, 1.807) is 6.07 Å². The molecule has 11 nitrogen and oxygen atoms in total. The molecule has 1 aromatic heterocycles. The van der Waals surface area contributed by atoms with E-state index in [1.165, 1.54) is 31.2 Å². The fourth-order valence-electron chi connectivity index (χ4n) is 3.29. The molecule has 0 atom stereocenters. The van der Waals surface area contributed by atoms with Crippen molar-refractivity contribution >= 4 is 32.1 Å². The van der Waals surface area contributed by atoms with Crippen molar-refractivity contribution in [2.24, 2.45) is 0 Å². The third kappa shape index (κ3) is 4.03. The van der Waals surface area contributed by atoms with Gasteiger partial charge in [0.05, 0.1) is 12.0 Å². The zero-order valence-corrected chi connectivity index (χ0v) is 18.4. The Labute approximate surface area is 179 Å². The number of aromatic nitrogens is 1. The zero-order chi connectivity index (χ0) is 23.0. The van der Waals surface area contributed by atoms with Gasteiger partial charge < -0.3 is 14.7 Å². The zero-order valence-electron chi connectivity index (χ0n) is 16.8. The van der Waals surface area contributed by atoms with Crippen LogP contribution in [-0.2, 0) is 24.8 Å². The number of hydrogen-bond acceptors (Lipinski definition) is 7. The van der Waals surface area contributed by atoms with E-state index in [0.29, 0.717) is 3.97 Å². The van der Waals surface area contributed by atoms with E-state index in [4.69, 9.17) is 9.84 Å². The van der Waals surface area contributed by atoms with Crippen molar-refractivity contribution in [3.8, 4) is 0 Å². The number of ether oxygens (including phenoxy) is 1. The van der Waals surface area contributed by atoms with Crippen molar-refractivity contribution in [1.82, 2.24) is 13.2 Å². The molecule has 0 unspecified atom stereocenters. The molecular formula is C18H21N3O8S2. The number of carboxylic acid groups (broad SMARTS) is 1. The van der Waals surface area contributed by atoms with Crippen LogP contribution in [0.3, 0.4) is 0 Å². The summed E-state index contributed by atoms with van der Waals surface area (Å²) in [6.07, 6.45) is -1.17. The van der Waals surface area contributed by atoms with Crippen LogP contribution < -0.4 is 0 Å². The van der Waals surface area contributed by atoms with Gasteiger partial charge in [-0.25, -0.2) is 30.4 Å². The van der Waals surface area contributed by atoms with E-state index in [-0.39, 0.29) is 36.6 Å². The quantitative estimate of drug-likeness (QED) is 0.631. The molecule has 0 aliphatic carbocycles. The van der Waals surface area contributed by atoms with Gasteiger partial charge in [-0.1, -0.05) is 18.2 Å². The first-order valence-electron chi connectivity index (χ1n) is 9.11. The molecule has 1 saturated heterocycles. The van der Waals surface area contributed by atoms with Crippen LogP contribution in [0.1, 0.15) is 16.1 Å². The predicted octanol–water partition coefficient (Wildman–Crippen LogP) is 0.804. The Morgan fingerprint density at radius 2 is 1.55 bits per heavy atom. The molecule has 0 radical (unpaired) electrons. The first-order valence-corrected chi connectivity index (χ1v) is 12.0. The fourth-order valence-corrected chi connectivity index (χ4v) is 6.86. The molecule has 1 fully saturated rings. The van der Waals surface area contributed by atoms with Gasteiger partial charge in [-0.05, 0) is 30.7 Å². The van der Waals surface area contributed by atoms with Gasteiger partial charge in [0.1, 0.15) is 5.69 Å². The molecule has 1 N–H and O–H groups in total. The number of sulfonamides is 1. The lowest BCUT2D eigenvalue weighted by Crippen LogP contribution is -2.50. The molecule has 2 heterocycles. The second-order valence-electron chi connectivity index (χ2n) is 6.76. The third-order valence-electron chi connectivity index (χ3n) is 4.89. The second-order valence-corrected chi connectivity index (χ2v) is 10.4. The number of hydrogen-bond donors (Lipinski definition) is 1. The summed E-state index contributed by atoms with van der Waals surface area (Å²) in [7, 11) is -7.80. The molecular weight excluding hydrogens is 450 g/mol. The highest BCUT2D eigenvalue weighted by atomic mass is 32.2. The first kappa shape index (κ1) is 22.8.